The Morgan fingerprint density at radius 3 is 2.61 bits per heavy atom. The molecule has 0 aliphatic carbocycles. The van der Waals surface area contributed by atoms with Crippen LogP contribution in [0.4, 0.5) is 17.6 Å². The van der Waals surface area contributed by atoms with Gasteiger partial charge in [-0.05, 0) is 12.0 Å². The van der Waals surface area contributed by atoms with Crippen LogP contribution in [0.1, 0.15) is 5.56 Å². The highest BCUT2D eigenvalue weighted by molar-refractivity contribution is 5.44. The van der Waals surface area contributed by atoms with Gasteiger partial charge in [0.15, 0.2) is 11.6 Å². The van der Waals surface area contributed by atoms with Crippen LogP contribution in [0.15, 0.2) is 36.4 Å². The van der Waals surface area contributed by atoms with E-state index in [0.29, 0.717) is 17.1 Å². The number of benzene rings is 1. The number of nitrogens with two attached hydrogens (primary N) is 2. The van der Waals surface area contributed by atoms with Crippen molar-refractivity contribution in [1.29, 1.82) is 0 Å². The summed E-state index contributed by atoms with van der Waals surface area (Å²) in [4.78, 5) is 3.90. The fourth-order valence-electron chi connectivity index (χ4n) is 1.60. The molecule has 6 nitrogen and oxygen atoms in total. The molecule has 1 aromatic carbocycles. The second kappa shape index (κ2) is 5.22. The Morgan fingerprint density at radius 2 is 1.94 bits per heavy atom. The Kier molecular flexibility index (Phi) is 3.47. The molecule has 5 N–H and O–H groups in total. The number of nitrogens with zero attached hydrogens (tertiary/aromatic N) is 2. The highest BCUT2D eigenvalue weighted by Gasteiger charge is 2.06. The molecule has 94 valence electrons. The average molecular weight is 245 g/mol. The first-order valence-electron chi connectivity index (χ1n) is 5.60. The molecular weight excluding hydrogens is 230 g/mol. The van der Waals surface area contributed by atoms with E-state index in [4.69, 9.17) is 11.5 Å². The molecule has 0 atom stereocenters. The molecule has 0 spiro atoms. The minimum Gasteiger partial charge on any atom is -0.754 e. The van der Waals surface area contributed by atoms with Crippen molar-refractivity contribution in [3.63, 3.8) is 0 Å². The SMILES string of the molecule is Nc1cc(NCCc2ccccc2)nc(N)[n+]1[O-]. The largest absolute Gasteiger partial charge is 0.754 e. The number of hydrogen-bond acceptors (Lipinski definition) is 5. The summed E-state index contributed by atoms with van der Waals surface area (Å²) in [5, 5.41) is 14.3. The fourth-order valence-corrected chi connectivity index (χ4v) is 1.60. The Morgan fingerprint density at radius 1 is 1.22 bits per heavy atom. The Bertz CT molecular complexity index is 506. The Labute approximate surface area is 105 Å². The predicted molar refractivity (Wildman–Crippen MR) is 70.7 cm³/mol. The van der Waals surface area contributed by atoms with Crippen LogP contribution in [0.5, 0.6) is 0 Å². The highest BCUT2D eigenvalue weighted by Crippen LogP contribution is 2.08. The average Bonchev–Trinajstić information content (AvgIpc) is 2.37. The number of hydrogen-bond donors (Lipinski definition) is 3. The molecule has 0 fully saturated rings. The van der Waals surface area contributed by atoms with Gasteiger partial charge in [-0.2, -0.15) is 0 Å². The maximum Gasteiger partial charge on any atom is 0.346 e. The summed E-state index contributed by atoms with van der Waals surface area (Å²) in [5.74, 6) is 0.384. The lowest BCUT2D eigenvalue weighted by molar-refractivity contribution is -0.576. The van der Waals surface area contributed by atoms with Gasteiger partial charge < -0.3 is 22.0 Å². The maximum atomic E-state index is 11.2. The van der Waals surface area contributed by atoms with E-state index in [0.717, 1.165) is 6.42 Å². The molecule has 0 radical (unpaired) electrons. The summed E-state index contributed by atoms with van der Waals surface area (Å²) in [6, 6.07) is 11.5. The van der Waals surface area contributed by atoms with Crippen molar-refractivity contribution in [3.05, 3.63) is 47.2 Å². The van der Waals surface area contributed by atoms with Gasteiger partial charge in [-0.15, -0.1) is 0 Å². The number of rotatable bonds is 4. The maximum absolute atomic E-state index is 11.2. The summed E-state index contributed by atoms with van der Waals surface area (Å²) in [6.45, 7) is 0.693. The van der Waals surface area contributed by atoms with E-state index in [9.17, 15) is 5.21 Å². The Hall–Kier alpha value is -2.50. The molecule has 1 aromatic heterocycles. The Balaban J connectivity index is 1.95. The summed E-state index contributed by atoms with van der Waals surface area (Å²) in [5.41, 5.74) is 12.1. The van der Waals surface area contributed by atoms with Crippen molar-refractivity contribution in [1.82, 2.24) is 4.98 Å². The first-order valence-corrected chi connectivity index (χ1v) is 5.60. The minimum atomic E-state index is -0.155. The molecule has 0 unspecified atom stereocenters. The summed E-state index contributed by atoms with van der Waals surface area (Å²) < 4.78 is 0.391. The van der Waals surface area contributed by atoms with Gasteiger partial charge in [-0.1, -0.05) is 35.3 Å². The van der Waals surface area contributed by atoms with Crippen molar-refractivity contribution in [2.24, 2.45) is 0 Å². The van der Waals surface area contributed by atoms with Crippen molar-refractivity contribution >= 4 is 17.6 Å². The van der Waals surface area contributed by atoms with Crippen LogP contribution in [0.3, 0.4) is 0 Å². The molecular formula is C12H15N5O. The van der Waals surface area contributed by atoms with Crippen LogP contribution >= 0.6 is 0 Å². The van der Waals surface area contributed by atoms with E-state index in [-0.39, 0.29) is 11.8 Å². The topological polar surface area (TPSA) is 104 Å². The van der Waals surface area contributed by atoms with Crippen LogP contribution in [-0.2, 0) is 6.42 Å². The van der Waals surface area contributed by atoms with Crippen molar-refractivity contribution in [2.45, 2.75) is 6.42 Å². The van der Waals surface area contributed by atoms with E-state index in [1.54, 1.807) is 0 Å². The van der Waals surface area contributed by atoms with E-state index in [1.807, 2.05) is 18.2 Å². The van der Waals surface area contributed by atoms with Gasteiger partial charge in [0.05, 0.1) is 6.07 Å². The van der Waals surface area contributed by atoms with Gasteiger partial charge >= 0.3 is 5.95 Å². The van der Waals surface area contributed by atoms with Gasteiger partial charge in [0.1, 0.15) is 0 Å². The third kappa shape index (κ3) is 2.79. The molecule has 0 aliphatic heterocycles. The third-order valence-corrected chi connectivity index (χ3v) is 2.52. The lowest BCUT2D eigenvalue weighted by Gasteiger charge is -2.11. The quantitative estimate of drug-likeness (QED) is 0.538. The van der Waals surface area contributed by atoms with Crippen LogP contribution < -0.4 is 21.5 Å². The molecule has 2 aromatic rings. The molecule has 2 rings (SSSR count). The summed E-state index contributed by atoms with van der Waals surface area (Å²) in [6.07, 6.45) is 0.856. The van der Waals surface area contributed by atoms with E-state index in [1.165, 1.54) is 11.6 Å². The lowest BCUT2D eigenvalue weighted by atomic mass is 10.1. The summed E-state index contributed by atoms with van der Waals surface area (Å²) in [7, 11) is 0. The molecule has 0 saturated carbocycles. The highest BCUT2D eigenvalue weighted by atomic mass is 16.5. The van der Waals surface area contributed by atoms with E-state index < -0.39 is 0 Å². The number of aromatic nitrogens is 2. The van der Waals surface area contributed by atoms with Gasteiger partial charge in [-0.25, -0.2) is 4.73 Å². The van der Waals surface area contributed by atoms with Crippen LogP contribution in [0.25, 0.3) is 0 Å². The molecule has 1 heterocycles. The molecule has 0 amide bonds. The van der Waals surface area contributed by atoms with E-state index in [2.05, 4.69) is 22.4 Å². The van der Waals surface area contributed by atoms with Crippen LogP contribution in [-0.4, -0.2) is 11.5 Å². The predicted octanol–water partition coefficient (Wildman–Crippen LogP) is 0.534. The van der Waals surface area contributed by atoms with Crippen LogP contribution in [0.2, 0.25) is 0 Å². The molecule has 0 bridgehead atoms. The first kappa shape index (κ1) is 12.0. The lowest BCUT2D eigenvalue weighted by Crippen LogP contribution is -2.35. The second-order valence-corrected chi connectivity index (χ2v) is 3.88. The normalized spacial score (nSPS) is 10.2. The zero-order chi connectivity index (χ0) is 13.0. The molecule has 0 aliphatic rings. The van der Waals surface area contributed by atoms with Gasteiger partial charge in [0, 0.05) is 6.54 Å². The van der Waals surface area contributed by atoms with Crippen molar-refractivity contribution in [3.8, 4) is 0 Å². The monoisotopic (exact) mass is 245 g/mol. The second-order valence-electron chi connectivity index (χ2n) is 3.88. The molecule has 18 heavy (non-hydrogen) atoms. The smallest absolute Gasteiger partial charge is 0.346 e. The van der Waals surface area contributed by atoms with Gasteiger partial charge in [-0.3, -0.25) is 0 Å². The van der Waals surface area contributed by atoms with Crippen LogP contribution in [0, 0.1) is 5.21 Å². The third-order valence-electron chi connectivity index (χ3n) is 2.52. The molecule has 6 heteroatoms. The minimum absolute atomic E-state index is 0.0321. The number of anilines is 3. The van der Waals surface area contributed by atoms with E-state index >= 15 is 0 Å². The number of nitrogens with one attached hydrogen (secondary N) is 1. The summed E-state index contributed by atoms with van der Waals surface area (Å²) >= 11 is 0. The standard InChI is InChI=1S/C12H15N5O/c13-10-8-11(16-12(14)17(10)18)15-7-6-9-4-2-1-3-5-9/h1-5,8H,6-7,13H2,(H3,14,15,16). The zero-order valence-corrected chi connectivity index (χ0v) is 9.84. The van der Waals surface area contributed by atoms with Gasteiger partial charge in [0.25, 0.3) is 0 Å². The number of nitrogen functional groups attached to an aromatic ring is 2. The van der Waals surface area contributed by atoms with Crippen molar-refractivity contribution < 1.29 is 4.73 Å². The first-order chi connectivity index (χ1) is 8.66. The molecule has 0 saturated heterocycles. The fraction of sp³-hybridized carbons (Fsp3) is 0.167. The van der Waals surface area contributed by atoms with Crippen molar-refractivity contribution in [2.75, 3.05) is 23.3 Å². The van der Waals surface area contributed by atoms with Gasteiger partial charge in [0.2, 0.25) is 0 Å². The zero-order valence-electron chi connectivity index (χ0n) is 9.84.